The Kier molecular flexibility index (Phi) is 6.69. The number of pyridine rings is 1. The van der Waals surface area contributed by atoms with Crippen LogP contribution in [0.25, 0.3) is 0 Å². The number of carbonyl (C=O) groups is 2. The Bertz CT molecular complexity index is 1190. The molecule has 0 saturated carbocycles. The van der Waals surface area contributed by atoms with Gasteiger partial charge in [-0.25, -0.2) is 13.6 Å². The van der Waals surface area contributed by atoms with Gasteiger partial charge in [-0.2, -0.15) is 0 Å². The lowest BCUT2D eigenvalue weighted by molar-refractivity contribution is 0.102. The highest BCUT2D eigenvalue weighted by Gasteiger charge is 2.27. The molecular weight excluding hydrogens is 456 g/mol. The zero-order valence-electron chi connectivity index (χ0n) is 17.1. The van der Waals surface area contributed by atoms with Crippen LogP contribution in [0.15, 0.2) is 54.7 Å². The number of alkyl carbamates (subject to hydrolysis) is 1. The van der Waals surface area contributed by atoms with Gasteiger partial charge < -0.3 is 20.1 Å². The van der Waals surface area contributed by atoms with Crippen LogP contribution in [0.3, 0.4) is 0 Å². The molecule has 1 aromatic heterocycles. The van der Waals surface area contributed by atoms with Gasteiger partial charge in [0.05, 0.1) is 28.9 Å². The predicted octanol–water partition coefficient (Wildman–Crippen LogP) is 5.02. The van der Waals surface area contributed by atoms with Gasteiger partial charge in [-0.05, 0) is 30.3 Å². The van der Waals surface area contributed by atoms with Crippen molar-refractivity contribution in [1.82, 2.24) is 10.3 Å². The van der Waals surface area contributed by atoms with Crippen LogP contribution in [0.4, 0.5) is 19.3 Å². The van der Waals surface area contributed by atoms with Gasteiger partial charge in [-0.15, -0.1) is 0 Å². The van der Waals surface area contributed by atoms with E-state index in [2.05, 4.69) is 15.6 Å². The first-order valence-electron chi connectivity index (χ1n) is 9.96. The fourth-order valence-electron chi connectivity index (χ4n) is 3.34. The van der Waals surface area contributed by atoms with Crippen LogP contribution in [-0.4, -0.2) is 23.6 Å². The molecule has 0 saturated heterocycles. The topological polar surface area (TPSA) is 89.5 Å². The molecule has 1 atom stereocenters. The minimum absolute atomic E-state index is 0.0320. The summed E-state index contributed by atoms with van der Waals surface area (Å²) in [5.74, 6) is -2.35. The molecule has 0 spiro atoms. The zero-order valence-corrected chi connectivity index (χ0v) is 17.9. The number of halogens is 3. The summed E-state index contributed by atoms with van der Waals surface area (Å²) < 4.78 is 37.5. The molecule has 2 N–H and O–H groups in total. The van der Waals surface area contributed by atoms with Crippen LogP contribution in [-0.2, 0) is 11.3 Å². The molecule has 0 aliphatic carbocycles. The molecule has 1 aliphatic heterocycles. The van der Waals surface area contributed by atoms with E-state index in [1.165, 1.54) is 12.3 Å². The van der Waals surface area contributed by atoms with Gasteiger partial charge in [0.1, 0.15) is 12.4 Å². The Morgan fingerprint density at radius 1 is 1.15 bits per heavy atom. The molecule has 1 aliphatic rings. The van der Waals surface area contributed by atoms with E-state index in [1.807, 2.05) is 0 Å². The van der Waals surface area contributed by atoms with E-state index >= 15 is 0 Å². The van der Waals surface area contributed by atoms with Crippen molar-refractivity contribution < 1.29 is 27.8 Å². The SMILES string of the molecule is O=C(N[C@H]1CCOc2c(C(=O)Nc3ccc(F)c(F)c3)cccc21)OCc1ccc(Cl)cn1. The van der Waals surface area contributed by atoms with Crippen molar-refractivity contribution in [2.75, 3.05) is 11.9 Å². The number of nitrogens with one attached hydrogen (secondary N) is 2. The summed E-state index contributed by atoms with van der Waals surface area (Å²) in [5, 5.41) is 5.77. The molecule has 170 valence electrons. The third kappa shape index (κ3) is 5.38. The monoisotopic (exact) mass is 473 g/mol. The first-order valence-corrected chi connectivity index (χ1v) is 10.3. The maximum atomic E-state index is 13.5. The van der Waals surface area contributed by atoms with Crippen molar-refractivity contribution in [3.05, 3.63) is 88.2 Å². The number of hydrogen-bond acceptors (Lipinski definition) is 5. The van der Waals surface area contributed by atoms with Gasteiger partial charge in [0.2, 0.25) is 0 Å². The lowest BCUT2D eigenvalue weighted by Crippen LogP contribution is -2.33. The minimum atomic E-state index is -1.07. The van der Waals surface area contributed by atoms with E-state index < -0.39 is 29.7 Å². The summed E-state index contributed by atoms with van der Waals surface area (Å²) >= 11 is 5.79. The summed E-state index contributed by atoms with van der Waals surface area (Å²) in [6.07, 6.45) is 1.27. The molecular formula is C23H18ClF2N3O4. The summed E-state index contributed by atoms with van der Waals surface area (Å²) in [6.45, 7) is 0.224. The number of ether oxygens (including phenoxy) is 2. The average molecular weight is 474 g/mol. The van der Waals surface area contributed by atoms with Crippen molar-refractivity contribution in [3.8, 4) is 5.75 Å². The fraction of sp³-hybridized carbons (Fsp3) is 0.174. The molecule has 3 aromatic rings. The Hall–Kier alpha value is -3.72. The second-order valence-corrected chi connectivity index (χ2v) is 7.62. The highest BCUT2D eigenvalue weighted by molar-refractivity contribution is 6.30. The molecule has 2 amide bonds. The van der Waals surface area contributed by atoms with Gasteiger partial charge in [0.15, 0.2) is 11.6 Å². The Labute approximate surface area is 192 Å². The highest BCUT2D eigenvalue weighted by atomic mass is 35.5. The first-order chi connectivity index (χ1) is 15.9. The van der Waals surface area contributed by atoms with E-state index in [0.29, 0.717) is 28.5 Å². The second kappa shape index (κ2) is 9.83. The maximum Gasteiger partial charge on any atom is 0.408 e. The number of para-hydroxylation sites is 1. The quantitative estimate of drug-likeness (QED) is 0.543. The van der Waals surface area contributed by atoms with E-state index in [4.69, 9.17) is 21.1 Å². The van der Waals surface area contributed by atoms with Crippen molar-refractivity contribution in [2.45, 2.75) is 19.1 Å². The average Bonchev–Trinajstić information content (AvgIpc) is 2.81. The van der Waals surface area contributed by atoms with E-state index in [0.717, 1.165) is 12.1 Å². The van der Waals surface area contributed by atoms with Gasteiger partial charge in [-0.1, -0.05) is 23.7 Å². The van der Waals surface area contributed by atoms with Crippen LogP contribution >= 0.6 is 11.6 Å². The Morgan fingerprint density at radius 3 is 2.76 bits per heavy atom. The number of anilines is 1. The number of carbonyl (C=O) groups excluding carboxylic acids is 2. The number of rotatable bonds is 5. The lowest BCUT2D eigenvalue weighted by Gasteiger charge is -2.27. The summed E-state index contributed by atoms with van der Waals surface area (Å²) in [5.41, 5.74) is 1.43. The normalized spacial score (nSPS) is 14.6. The van der Waals surface area contributed by atoms with Gasteiger partial charge >= 0.3 is 6.09 Å². The summed E-state index contributed by atoms with van der Waals surface area (Å²) in [6, 6.07) is 10.8. The Morgan fingerprint density at radius 2 is 2.00 bits per heavy atom. The van der Waals surface area contributed by atoms with Crippen LogP contribution in [0.5, 0.6) is 5.75 Å². The van der Waals surface area contributed by atoms with E-state index in [1.54, 1.807) is 30.3 Å². The third-order valence-electron chi connectivity index (χ3n) is 4.93. The molecule has 0 radical (unpaired) electrons. The van der Waals surface area contributed by atoms with Crippen LogP contribution in [0, 0.1) is 11.6 Å². The molecule has 33 heavy (non-hydrogen) atoms. The van der Waals surface area contributed by atoms with Crippen molar-refractivity contribution in [3.63, 3.8) is 0 Å². The number of fused-ring (bicyclic) bond motifs is 1. The number of benzene rings is 2. The number of aromatic nitrogens is 1. The molecule has 0 unspecified atom stereocenters. The molecule has 7 nitrogen and oxygen atoms in total. The summed E-state index contributed by atoms with van der Waals surface area (Å²) in [4.78, 5) is 29.1. The van der Waals surface area contributed by atoms with Crippen LogP contribution < -0.4 is 15.4 Å². The van der Waals surface area contributed by atoms with Gasteiger partial charge in [-0.3, -0.25) is 9.78 Å². The maximum absolute atomic E-state index is 13.5. The molecule has 10 heteroatoms. The predicted molar refractivity (Wildman–Crippen MR) is 116 cm³/mol. The Balaban J connectivity index is 1.45. The molecule has 0 bridgehead atoms. The smallest absolute Gasteiger partial charge is 0.408 e. The largest absolute Gasteiger partial charge is 0.492 e. The number of amides is 2. The molecule has 0 fully saturated rings. The van der Waals surface area contributed by atoms with Gasteiger partial charge in [0.25, 0.3) is 5.91 Å². The van der Waals surface area contributed by atoms with E-state index in [9.17, 15) is 18.4 Å². The van der Waals surface area contributed by atoms with Crippen molar-refractivity contribution in [2.24, 2.45) is 0 Å². The molecule has 2 aromatic carbocycles. The van der Waals surface area contributed by atoms with Crippen LogP contribution in [0.1, 0.15) is 34.1 Å². The lowest BCUT2D eigenvalue weighted by atomic mass is 9.97. The molecule has 2 heterocycles. The number of nitrogens with zero attached hydrogens (tertiary/aromatic N) is 1. The second-order valence-electron chi connectivity index (χ2n) is 7.18. The molecule has 4 rings (SSSR count). The van der Waals surface area contributed by atoms with Crippen molar-refractivity contribution >= 4 is 29.3 Å². The third-order valence-corrected chi connectivity index (χ3v) is 5.15. The first kappa shape index (κ1) is 22.5. The van der Waals surface area contributed by atoms with E-state index in [-0.39, 0.29) is 24.5 Å². The number of hydrogen-bond donors (Lipinski definition) is 2. The summed E-state index contributed by atoms with van der Waals surface area (Å²) in [7, 11) is 0. The highest BCUT2D eigenvalue weighted by Crippen LogP contribution is 2.35. The van der Waals surface area contributed by atoms with Crippen LogP contribution in [0.2, 0.25) is 5.02 Å². The minimum Gasteiger partial charge on any atom is -0.492 e. The standard InChI is InChI=1S/C23H18ClF2N3O4/c24-13-4-5-15(27-11-13)12-33-23(31)29-20-8-9-32-21-16(20)2-1-3-17(21)22(30)28-14-6-7-18(25)19(26)10-14/h1-7,10-11,20H,8-9,12H2,(H,28,30)(H,29,31)/t20-/m0/s1. The fourth-order valence-corrected chi connectivity index (χ4v) is 3.45. The van der Waals surface area contributed by atoms with Crippen molar-refractivity contribution in [1.29, 1.82) is 0 Å². The van der Waals surface area contributed by atoms with Gasteiger partial charge in [0, 0.05) is 29.9 Å². The zero-order chi connectivity index (χ0) is 23.4.